The van der Waals surface area contributed by atoms with E-state index < -0.39 is 5.97 Å². The van der Waals surface area contributed by atoms with Gasteiger partial charge in [0.2, 0.25) is 0 Å². The molecule has 2 heterocycles. The van der Waals surface area contributed by atoms with E-state index in [4.69, 9.17) is 9.73 Å². The monoisotopic (exact) mass is 452 g/mol. The fraction of sp³-hybridized carbons (Fsp3) is 0.0741. The third-order valence-electron chi connectivity index (χ3n) is 5.49. The minimum absolute atomic E-state index is 0.0898. The molecule has 5 nitrogen and oxygen atoms in total. The molecule has 6 heteroatoms. The summed E-state index contributed by atoms with van der Waals surface area (Å²) < 4.78 is 7.09. The number of rotatable bonds is 4. The summed E-state index contributed by atoms with van der Waals surface area (Å²) in [5, 5.41) is 0. The molecule has 0 fully saturated rings. The maximum atomic E-state index is 13.4. The Balaban J connectivity index is 1.65. The Kier molecular flexibility index (Phi) is 5.59. The van der Waals surface area contributed by atoms with Crippen molar-refractivity contribution in [2.24, 2.45) is 4.99 Å². The third kappa shape index (κ3) is 4.08. The maximum absolute atomic E-state index is 13.4. The summed E-state index contributed by atoms with van der Waals surface area (Å²) in [5.74, 6) is -0.391. The van der Waals surface area contributed by atoms with Crippen LogP contribution in [-0.4, -0.2) is 17.6 Å². The van der Waals surface area contributed by atoms with Crippen molar-refractivity contribution in [3.63, 3.8) is 0 Å². The molecule has 162 valence electrons. The molecule has 0 amide bonds. The highest BCUT2D eigenvalue weighted by atomic mass is 32.1. The Morgan fingerprint density at radius 3 is 2.30 bits per heavy atom. The van der Waals surface area contributed by atoms with E-state index in [2.05, 4.69) is 0 Å². The fourth-order valence-electron chi connectivity index (χ4n) is 3.82. The van der Waals surface area contributed by atoms with Crippen molar-refractivity contribution in [1.82, 2.24) is 4.57 Å². The Bertz CT molecular complexity index is 1520. The number of thiazole rings is 1. The van der Waals surface area contributed by atoms with Crippen LogP contribution in [0.5, 0.6) is 0 Å². The summed E-state index contributed by atoms with van der Waals surface area (Å²) in [6.07, 6.45) is 3.87. The molecule has 1 atom stereocenters. The number of benzene rings is 3. The van der Waals surface area contributed by atoms with E-state index in [0.29, 0.717) is 14.9 Å². The van der Waals surface area contributed by atoms with Crippen LogP contribution in [0.15, 0.2) is 101 Å². The quantitative estimate of drug-likeness (QED) is 0.443. The van der Waals surface area contributed by atoms with Gasteiger partial charge in [-0.3, -0.25) is 9.36 Å². The number of hydrogen-bond donors (Lipinski definition) is 0. The van der Waals surface area contributed by atoms with Gasteiger partial charge in [0, 0.05) is 0 Å². The number of allylic oxidation sites excluding steroid dienone is 1. The number of carbonyl (C=O) groups excluding carboxylic acids is 1. The van der Waals surface area contributed by atoms with E-state index in [1.165, 1.54) is 18.4 Å². The lowest BCUT2D eigenvalue weighted by Crippen LogP contribution is -2.36. The van der Waals surface area contributed by atoms with Gasteiger partial charge < -0.3 is 4.74 Å². The summed E-state index contributed by atoms with van der Waals surface area (Å²) in [6.45, 7) is 0. The minimum Gasteiger partial charge on any atom is -0.465 e. The summed E-state index contributed by atoms with van der Waals surface area (Å²) in [7, 11) is 1.35. The van der Waals surface area contributed by atoms with Gasteiger partial charge in [-0.2, -0.15) is 0 Å². The first kappa shape index (κ1) is 20.8. The van der Waals surface area contributed by atoms with Crippen molar-refractivity contribution in [1.29, 1.82) is 0 Å². The van der Waals surface area contributed by atoms with Crippen LogP contribution >= 0.6 is 11.3 Å². The molecule has 1 aliphatic rings. The molecular weight excluding hydrogens is 432 g/mol. The summed E-state index contributed by atoms with van der Waals surface area (Å²) in [6, 6.07) is 26.7. The van der Waals surface area contributed by atoms with Gasteiger partial charge in [0.05, 0.1) is 28.9 Å². The molecular formula is C27H20N2O3S. The van der Waals surface area contributed by atoms with Gasteiger partial charge >= 0.3 is 5.97 Å². The number of fused-ring (bicyclic) bond motifs is 1. The number of methoxy groups -OCH3 is 1. The lowest BCUT2D eigenvalue weighted by molar-refractivity contribution is 0.0600. The van der Waals surface area contributed by atoms with Crippen LogP contribution in [0.3, 0.4) is 0 Å². The van der Waals surface area contributed by atoms with E-state index in [1.807, 2.05) is 72.8 Å². The zero-order valence-corrected chi connectivity index (χ0v) is 18.7. The highest BCUT2D eigenvalue weighted by Gasteiger charge is 2.22. The number of ether oxygens (including phenoxy) is 1. The first-order valence-corrected chi connectivity index (χ1v) is 11.3. The van der Waals surface area contributed by atoms with E-state index in [-0.39, 0.29) is 11.6 Å². The maximum Gasteiger partial charge on any atom is 0.337 e. The third-order valence-corrected chi connectivity index (χ3v) is 6.47. The summed E-state index contributed by atoms with van der Waals surface area (Å²) in [5.41, 5.74) is 4.08. The van der Waals surface area contributed by atoms with E-state index in [1.54, 1.807) is 28.8 Å². The largest absolute Gasteiger partial charge is 0.465 e. The Hall–Kier alpha value is -4.03. The second kappa shape index (κ2) is 8.84. The first-order chi connectivity index (χ1) is 16.1. The standard InChI is InChI=1S/C27H20N2O3S/c1-32-26(31)21-14-12-18(13-15-21)16-24-25(30)29-23(20-10-6-3-7-11-20)17-22(28-27(29)33-24)19-8-4-2-5-9-19/h2-17,23H,1H3/b24-16+/t23-/m0/s1. The number of nitrogens with zero attached hydrogens (tertiary/aromatic N) is 2. The second-order valence-corrected chi connectivity index (χ2v) is 8.58. The summed E-state index contributed by atoms with van der Waals surface area (Å²) in [4.78, 5) is 30.6. The SMILES string of the molecule is COC(=O)c1ccc(/C=c2/sc3n(c2=O)[C@H](c2ccccc2)C=C(c2ccccc2)N=3)cc1. The average Bonchev–Trinajstić information content (AvgIpc) is 3.19. The Morgan fingerprint density at radius 1 is 0.970 bits per heavy atom. The highest BCUT2D eigenvalue weighted by molar-refractivity contribution is 7.07. The predicted molar refractivity (Wildman–Crippen MR) is 130 cm³/mol. The molecule has 4 aromatic rings. The molecule has 1 aliphatic heterocycles. The topological polar surface area (TPSA) is 60.7 Å². The van der Waals surface area contributed by atoms with Crippen molar-refractivity contribution in [3.8, 4) is 0 Å². The van der Waals surface area contributed by atoms with E-state index in [9.17, 15) is 9.59 Å². The van der Waals surface area contributed by atoms with E-state index >= 15 is 0 Å². The van der Waals surface area contributed by atoms with Crippen molar-refractivity contribution in [2.75, 3.05) is 7.11 Å². The fourth-order valence-corrected chi connectivity index (χ4v) is 4.84. The van der Waals surface area contributed by atoms with Crippen LogP contribution in [0.2, 0.25) is 0 Å². The van der Waals surface area contributed by atoms with Crippen LogP contribution < -0.4 is 14.9 Å². The number of esters is 1. The molecule has 0 N–H and O–H groups in total. The van der Waals surface area contributed by atoms with Crippen LogP contribution in [0.1, 0.15) is 33.1 Å². The van der Waals surface area contributed by atoms with Crippen LogP contribution in [-0.2, 0) is 4.74 Å². The molecule has 0 aliphatic carbocycles. The molecule has 1 aromatic heterocycles. The highest BCUT2D eigenvalue weighted by Crippen LogP contribution is 2.26. The molecule has 3 aromatic carbocycles. The molecule has 0 radical (unpaired) electrons. The van der Waals surface area contributed by atoms with Crippen LogP contribution in [0, 0.1) is 0 Å². The normalized spacial score (nSPS) is 15.4. The predicted octanol–water partition coefficient (Wildman–Crippen LogP) is 3.79. The number of aromatic nitrogens is 1. The first-order valence-electron chi connectivity index (χ1n) is 10.5. The number of carbonyl (C=O) groups is 1. The van der Waals surface area contributed by atoms with Crippen molar-refractivity contribution >= 4 is 29.1 Å². The van der Waals surface area contributed by atoms with Crippen molar-refractivity contribution in [3.05, 3.63) is 133 Å². The minimum atomic E-state index is -0.391. The molecule has 5 rings (SSSR count). The Labute approximate surface area is 194 Å². The number of hydrogen-bond acceptors (Lipinski definition) is 5. The van der Waals surface area contributed by atoms with Crippen molar-refractivity contribution < 1.29 is 9.53 Å². The molecule has 33 heavy (non-hydrogen) atoms. The van der Waals surface area contributed by atoms with E-state index in [0.717, 1.165) is 22.4 Å². The molecule has 0 saturated heterocycles. The molecule has 0 spiro atoms. The van der Waals surface area contributed by atoms with Crippen molar-refractivity contribution in [2.45, 2.75) is 6.04 Å². The second-order valence-electron chi connectivity index (χ2n) is 7.57. The average molecular weight is 453 g/mol. The van der Waals surface area contributed by atoms with Crippen LogP contribution in [0.4, 0.5) is 0 Å². The molecule has 0 bridgehead atoms. The van der Waals surface area contributed by atoms with Gasteiger partial charge in [-0.1, -0.05) is 84.1 Å². The lowest BCUT2D eigenvalue weighted by atomic mass is 10.0. The summed E-state index contributed by atoms with van der Waals surface area (Å²) >= 11 is 1.36. The van der Waals surface area contributed by atoms with Gasteiger partial charge in [0.1, 0.15) is 0 Å². The lowest BCUT2D eigenvalue weighted by Gasteiger charge is -2.19. The van der Waals surface area contributed by atoms with Gasteiger partial charge in [-0.15, -0.1) is 0 Å². The molecule has 0 unspecified atom stereocenters. The molecule has 0 saturated carbocycles. The van der Waals surface area contributed by atoms with Gasteiger partial charge in [-0.25, -0.2) is 9.79 Å². The zero-order valence-electron chi connectivity index (χ0n) is 17.8. The van der Waals surface area contributed by atoms with Gasteiger partial charge in [-0.05, 0) is 41.0 Å². The zero-order chi connectivity index (χ0) is 22.8. The van der Waals surface area contributed by atoms with Crippen LogP contribution in [0.25, 0.3) is 11.8 Å². The smallest absolute Gasteiger partial charge is 0.337 e. The Morgan fingerprint density at radius 2 is 1.64 bits per heavy atom. The van der Waals surface area contributed by atoms with Gasteiger partial charge in [0.25, 0.3) is 5.56 Å². The van der Waals surface area contributed by atoms with Gasteiger partial charge in [0.15, 0.2) is 4.80 Å².